The van der Waals surface area contributed by atoms with Gasteiger partial charge in [0.05, 0.1) is 12.2 Å². The molecule has 10 atom stereocenters. The minimum Gasteiger partial charge on any atom is -0.392 e. The number of rotatable bonds is 1. The molecule has 4 heteroatoms. The lowest BCUT2D eigenvalue weighted by Gasteiger charge is -2.65. The Labute approximate surface area is 155 Å². The van der Waals surface area contributed by atoms with Crippen LogP contribution in [0.4, 0.5) is 0 Å². The minimum absolute atomic E-state index is 0.130. The average Bonchev–Trinajstić information content (AvgIpc) is 3.14. The number of aliphatic hydroxyl groups excluding tert-OH is 2. The predicted octanol–water partition coefficient (Wildman–Crippen LogP) is 2.00. The number of aliphatic hydroxyl groups is 2. The molecule has 5 aliphatic carbocycles. The summed E-state index contributed by atoms with van der Waals surface area (Å²) >= 11 is 0. The quantitative estimate of drug-likeness (QED) is 0.705. The van der Waals surface area contributed by atoms with Gasteiger partial charge in [-0.05, 0) is 61.0 Å². The summed E-state index contributed by atoms with van der Waals surface area (Å²) in [6.45, 7) is 10.9. The Balaban J connectivity index is 1.62. The van der Waals surface area contributed by atoms with Crippen LogP contribution in [0.2, 0.25) is 0 Å². The van der Waals surface area contributed by atoms with E-state index in [1.807, 2.05) is 0 Å². The van der Waals surface area contributed by atoms with Gasteiger partial charge in [0.25, 0.3) is 0 Å². The Bertz CT molecular complexity index is 735. The number of carbonyl (C=O) groups is 1. The van der Waals surface area contributed by atoms with Crippen LogP contribution in [0.3, 0.4) is 0 Å². The molecule has 0 radical (unpaired) electrons. The van der Waals surface area contributed by atoms with Crippen LogP contribution in [0, 0.1) is 39.9 Å². The topological polar surface area (TPSA) is 60.8 Å². The van der Waals surface area contributed by atoms with Crippen LogP contribution in [-0.2, 0) is 4.79 Å². The molecule has 6 fully saturated rings. The lowest BCUT2D eigenvalue weighted by molar-refractivity contribution is -0.211. The fourth-order valence-corrected chi connectivity index (χ4v) is 9.75. The number of nitrogens with zero attached hydrogens (tertiary/aromatic N) is 1. The van der Waals surface area contributed by atoms with Gasteiger partial charge in [-0.2, -0.15) is 0 Å². The normalized spacial score (nSPS) is 62.7. The van der Waals surface area contributed by atoms with E-state index in [9.17, 15) is 15.0 Å². The molecule has 1 aliphatic heterocycles. The van der Waals surface area contributed by atoms with Crippen molar-refractivity contribution in [3.05, 3.63) is 12.2 Å². The first-order valence-corrected chi connectivity index (χ1v) is 10.6. The molecule has 142 valence electrons. The third kappa shape index (κ3) is 1.33. The maximum absolute atomic E-state index is 13.0. The second-order valence-corrected chi connectivity index (χ2v) is 10.7. The Morgan fingerprint density at radius 2 is 2.08 bits per heavy atom. The minimum atomic E-state index is -0.561. The van der Waals surface area contributed by atoms with Crippen LogP contribution in [0.25, 0.3) is 0 Å². The van der Waals surface area contributed by atoms with E-state index in [0.717, 1.165) is 44.3 Å². The van der Waals surface area contributed by atoms with Gasteiger partial charge in [0.2, 0.25) is 0 Å². The molecule has 1 heterocycles. The van der Waals surface area contributed by atoms with Crippen LogP contribution < -0.4 is 0 Å². The van der Waals surface area contributed by atoms with Crippen LogP contribution in [0.1, 0.15) is 46.0 Å². The van der Waals surface area contributed by atoms with Crippen molar-refractivity contribution >= 4 is 5.78 Å². The molecule has 7 bridgehead atoms. The highest BCUT2D eigenvalue weighted by atomic mass is 16.3. The predicted molar refractivity (Wildman–Crippen MR) is 97.2 cm³/mol. The number of fused-ring (bicyclic) bond motifs is 1. The second kappa shape index (κ2) is 4.47. The molecule has 0 aromatic carbocycles. The van der Waals surface area contributed by atoms with Crippen molar-refractivity contribution < 1.29 is 15.0 Å². The molecule has 0 aromatic heterocycles. The SMILES string of the molecule is C=C1[C@H]2C[C@]3([C@@H]1O)[C@@H]1C[C@@H]4[C@@]5(C)CC[C@H](O)[C@@]4([C@H]1N(CC)C5)[C@@H]3CC2=O. The fraction of sp³-hybridized carbons (Fsp3) is 0.864. The summed E-state index contributed by atoms with van der Waals surface area (Å²) in [4.78, 5) is 15.6. The zero-order valence-corrected chi connectivity index (χ0v) is 15.9. The molecule has 4 nitrogen and oxygen atoms in total. The maximum atomic E-state index is 13.0. The summed E-state index contributed by atoms with van der Waals surface area (Å²) in [7, 11) is 0. The first kappa shape index (κ1) is 16.3. The number of hydrogen-bond donors (Lipinski definition) is 2. The molecule has 2 spiro atoms. The van der Waals surface area contributed by atoms with Crippen molar-refractivity contribution in [2.24, 2.45) is 39.9 Å². The van der Waals surface area contributed by atoms with E-state index in [1.54, 1.807) is 0 Å². The van der Waals surface area contributed by atoms with Crippen LogP contribution in [-0.4, -0.2) is 52.2 Å². The van der Waals surface area contributed by atoms with Crippen LogP contribution >= 0.6 is 0 Å². The molecule has 6 aliphatic rings. The highest BCUT2D eigenvalue weighted by Gasteiger charge is 2.85. The Kier molecular flexibility index (Phi) is 2.80. The van der Waals surface area contributed by atoms with Gasteiger partial charge in [-0.3, -0.25) is 9.69 Å². The van der Waals surface area contributed by atoms with Gasteiger partial charge in [0, 0.05) is 35.8 Å². The zero-order chi connectivity index (χ0) is 18.2. The molecular weight excluding hydrogens is 326 g/mol. The van der Waals surface area contributed by atoms with Gasteiger partial charge in [0.1, 0.15) is 5.78 Å². The van der Waals surface area contributed by atoms with E-state index >= 15 is 0 Å². The monoisotopic (exact) mass is 357 g/mol. The molecule has 5 saturated carbocycles. The van der Waals surface area contributed by atoms with Crippen molar-refractivity contribution in [2.45, 2.75) is 64.2 Å². The highest BCUT2D eigenvalue weighted by molar-refractivity contribution is 5.87. The molecule has 2 N–H and O–H groups in total. The van der Waals surface area contributed by atoms with E-state index < -0.39 is 6.10 Å². The van der Waals surface area contributed by atoms with Gasteiger partial charge in [0.15, 0.2) is 0 Å². The largest absolute Gasteiger partial charge is 0.392 e. The Morgan fingerprint density at radius 1 is 1.31 bits per heavy atom. The Hall–Kier alpha value is -0.710. The van der Waals surface area contributed by atoms with Gasteiger partial charge in [-0.1, -0.05) is 20.4 Å². The third-order valence-electron chi connectivity index (χ3n) is 10.4. The molecule has 6 rings (SSSR count). The highest BCUT2D eigenvalue weighted by Crippen LogP contribution is 2.83. The van der Waals surface area contributed by atoms with E-state index in [-0.39, 0.29) is 40.0 Å². The number of hydrogen-bond acceptors (Lipinski definition) is 4. The molecule has 0 aromatic rings. The van der Waals surface area contributed by atoms with Gasteiger partial charge in [-0.15, -0.1) is 0 Å². The summed E-state index contributed by atoms with van der Waals surface area (Å²) in [5.41, 5.74) is 0.598. The summed E-state index contributed by atoms with van der Waals surface area (Å²) < 4.78 is 0. The summed E-state index contributed by atoms with van der Waals surface area (Å²) in [5, 5.41) is 22.8. The van der Waals surface area contributed by atoms with Gasteiger partial charge >= 0.3 is 0 Å². The first-order valence-electron chi connectivity index (χ1n) is 10.6. The van der Waals surface area contributed by atoms with Crippen molar-refractivity contribution in [1.82, 2.24) is 4.90 Å². The van der Waals surface area contributed by atoms with Crippen LogP contribution in [0.15, 0.2) is 12.2 Å². The first-order chi connectivity index (χ1) is 12.3. The lowest BCUT2D eigenvalue weighted by atomic mass is 9.43. The van der Waals surface area contributed by atoms with E-state index in [0.29, 0.717) is 24.3 Å². The number of ketones is 1. The standard InChI is InChI=1S/C22H31NO3/c1-4-23-10-20(3)6-5-17(25)22-15(20)7-13(18(22)23)21-9-12(11(2)19(21)26)14(24)8-16(21)22/h12-13,15-19,25-26H,2,4-10H2,1,3H3/t12-,13-,15-,16-,17+,18+,19-,20+,21+,22+/m1/s1. The lowest BCUT2D eigenvalue weighted by Crippen LogP contribution is -2.68. The van der Waals surface area contributed by atoms with Crippen molar-refractivity contribution in [3.63, 3.8) is 0 Å². The summed E-state index contributed by atoms with van der Waals surface area (Å²) in [6.07, 6.45) is 3.50. The Morgan fingerprint density at radius 3 is 2.81 bits per heavy atom. The van der Waals surface area contributed by atoms with E-state index in [1.165, 1.54) is 0 Å². The van der Waals surface area contributed by atoms with Gasteiger partial charge < -0.3 is 10.2 Å². The molecular formula is C22H31NO3. The van der Waals surface area contributed by atoms with Crippen molar-refractivity contribution in [3.8, 4) is 0 Å². The van der Waals surface area contributed by atoms with Crippen LogP contribution in [0.5, 0.6) is 0 Å². The average molecular weight is 357 g/mol. The summed E-state index contributed by atoms with van der Waals surface area (Å²) in [5.74, 6) is 1.16. The molecule has 26 heavy (non-hydrogen) atoms. The smallest absolute Gasteiger partial charge is 0.140 e. The zero-order valence-electron chi connectivity index (χ0n) is 15.9. The van der Waals surface area contributed by atoms with Gasteiger partial charge in [-0.25, -0.2) is 0 Å². The summed E-state index contributed by atoms with van der Waals surface area (Å²) in [6, 6.07) is 0.331. The number of likely N-dealkylation sites (tertiary alicyclic amines) is 1. The second-order valence-electron chi connectivity index (χ2n) is 10.7. The van der Waals surface area contributed by atoms with E-state index in [4.69, 9.17) is 0 Å². The van der Waals surface area contributed by atoms with Crippen molar-refractivity contribution in [2.75, 3.05) is 13.1 Å². The number of piperidine rings is 1. The number of carbonyl (C=O) groups excluding carboxylic acids is 1. The molecule has 1 saturated heterocycles. The molecule has 0 amide bonds. The fourth-order valence-electron chi connectivity index (χ4n) is 9.75. The molecule has 0 unspecified atom stereocenters. The maximum Gasteiger partial charge on any atom is 0.140 e. The van der Waals surface area contributed by atoms with Crippen molar-refractivity contribution in [1.29, 1.82) is 0 Å². The van der Waals surface area contributed by atoms with E-state index in [2.05, 4.69) is 25.3 Å². The third-order valence-corrected chi connectivity index (χ3v) is 10.4. The number of Topliss-reactive ketones (excluding diaryl/α,β-unsaturated/α-hetero) is 1.